The van der Waals surface area contributed by atoms with Crippen molar-refractivity contribution >= 4 is 0 Å². The van der Waals surface area contributed by atoms with Gasteiger partial charge in [0.25, 0.3) is 0 Å². The van der Waals surface area contributed by atoms with Gasteiger partial charge in [-0.15, -0.1) is 0 Å². The summed E-state index contributed by atoms with van der Waals surface area (Å²) in [5.74, 6) is 14.2. The first kappa shape index (κ1) is 60.3. The fourth-order valence-electron chi connectivity index (χ4n) is 9.52. The highest BCUT2D eigenvalue weighted by molar-refractivity contribution is 5.27. The Morgan fingerprint density at radius 1 is 0.381 bits per heavy atom. The molecule has 63 heavy (non-hydrogen) atoms. The van der Waals surface area contributed by atoms with Crippen LogP contribution in [-0.2, 0) is 4.74 Å². The number of piperidine rings is 2. The van der Waals surface area contributed by atoms with Gasteiger partial charge in [-0.25, -0.2) is 0 Å². The van der Waals surface area contributed by atoms with Crippen LogP contribution in [0.3, 0.4) is 0 Å². The van der Waals surface area contributed by atoms with E-state index in [9.17, 15) is 0 Å². The summed E-state index contributed by atoms with van der Waals surface area (Å²) in [4.78, 5) is 0. The maximum Gasteiger partial charge on any atom is 0.0468 e. The first-order valence-electron chi connectivity index (χ1n) is 28.0. The number of rotatable bonds is 8. The molecular weight excluding hydrogens is 767 g/mol. The third kappa shape index (κ3) is 30.3. The minimum absolute atomic E-state index is 0.716. The van der Waals surface area contributed by atoms with E-state index in [4.69, 9.17) is 4.74 Å². The Kier molecular flexibility index (Phi) is 34.8. The molecule has 4 heteroatoms. The minimum Gasteiger partial charge on any atom is -0.381 e. The van der Waals surface area contributed by atoms with Gasteiger partial charge in [0.15, 0.2) is 0 Å². The van der Waals surface area contributed by atoms with E-state index in [1.54, 1.807) is 0 Å². The third-order valence-corrected chi connectivity index (χ3v) is 16.0. The second kappa shape index (κ2) is 36.4. The second-order valence-corrected chi connectivity index (χ2v) is 23.8. The van der Waals surface area contributed by atoms with Gasteiger partial charge in [0.1, 0.15) is 0 Å². The molecule has 4 heterocycles. The number of ether oxygens (including phenoxy) is 1. The van der Waals surface area contributed by atoms with E-state index in [0.29, 0.717) is 5.92 Å². The van der Waals surface area contributed by atoms with Crippen molar-refractivity contribution in [2.24, 2.45) is 88.8 Å². The molecule has 0 aromatic carbocycles. The van der Waals surface area contributed by atoms with E-state index in [1.807, 2.05) is 0 Å². The van der Waals surface area contributed by atoms with Crippen LogP contribution in [0.5, 0.6) is 0 Å². The molecule has 3 saturated carbocycles. The number of hydrogen-bond acceptors (Lipinski definition) is 4. The Bertz CT molecular complexity index is 998. The highest BCUT2D eigenvalue weighted by Gasteiger charge is 2.24. The van der Waals surface area contributed by atoms with Crippen LogP contribution in [0.15, 0.2) is 23.8 Å². The molecule has 8 rings (SSSR count). The predicted molar refractivity (Wildman–Crippen MR) is 284 cm³/mol. The molecule has 0 aromatic rings. The highest BCUT2D eigenvalue weighted by Crippen LogP contribution is 2.36. The molecule has 1 unspecified atom stereocenters. The SMILES string of the molecule is CC(C)C1=CCC=C1.CC(C)C1CC1.CC(C)C1CCC1.CC(C)C1CCCC1.CC(C)C1CCCNC1.CC(C)C1CCNCC1.CC(C)C1CCOCC1.CC(C)C1CNC1. The zero-order valence-electron chi connectivity index (χ0n) is 45.8. The lowest BCUT2D eigenvalue weighted by Gasteiger charge is -2.30. The van der Waals surface area contributed by atoms with Crippen molar-refractivity contribution in [1.29, 1.82) is 0 Å². The fourth-order valence-corrected chi connectivity index (χ4v) is 9.52. The van der Waals surface area contributed by atoms with Crippen LogP contribution in [-0.4, -0.2) is 52.5 Å². The Labute approximate surface area is 397 Å². The van der Waals surface area contributed by atoms with Crippen molar-refractivity contribution in [2.75, 3.05) is 52.5 Å². The van der Waals surface area contributed by atoms with Gasteiger partial charge < -0.3 is 20.7 Å². The van der Waals surface area contributed by atoms with Crippen molar-refractivity contribution in [3.63, 3.8) is 0 Å². The lowest BCUT2D eigenvalue weighted by molar-refractivity contribution is 0.0523. The van der Waals surface area contributed by atoms with E-state index in [1.165, 1.54) is 141 Å². The fraction of sp³-hybridized carbons (Fsp3) is 0.932. The van der Waals surface area contributed by atoms with E-state index >= 15 is 0 Å². The van der Waals surface area contributed by atoms with Gasteiger partial charge in [0.2, 0.25) is 0 Å². The predicted octanol–water partition coefficient (Wildman–Crippen LogP) is 16.1. The monoisotopic (exact) mass is 884 g/mol. The van der Waals surface area contributed by atoms with Crippen LogP contribution in [0, 0.1) is 88.8 Å². The molecule has 4 aliphatic carbocycles. The lowest BCUT2D eigenvalue weighted by atomic mass is 9.78. The van der Waals surface area contributed by atoms with Crippen molar-refractivity contribution in [3.8, 4) is 0 Å². The van der Waals surface area contributed by atoms with Crippen LogP contribution in [0.25, 0.3) is 0 Å². The highest BCUT2D eigenvalue weighted by atomic mass is 16.5. The Balaban J connectivity index is 0.000000361. The smallest absolute Gasteiger partial charge is 0.0468 e. The van der Waals surface area contributed by atoms with E-state index < -0.39 is 0 Å². The van der Waals surface area contributed by atoms with Crippen molar-refractivity contribution < 1.29 is 4.74 Å². The van der Waals surface area contributed by atoms with Crippen LogP contribution >= 0.6 is 0 Å². The largest absolute Gasteiger partial charge is 0.381 e. The zero-order chi connectivity index (χ0) is 47.2. The van der Waals surface area contributed by atoms with Crippen LogP contribution < -0.4 is 16.0 Å². The minimum atomic E-state index is 0.716. The zero-order valence-corrected chi connectivity index (χ0v) is 45.8. The molecule has 7 fully saturated rings. The maximum atomic E-state index is 5.25. The molecule has 0 amide bonds. The summed E-state index contributed by atoms with van der Waals surface area (Å²) in [6, 6.07) is 0. The standard InChI is InChI=1S/2C8H17N.C8H16O.C8H16.C8H12.C7H14.C6H13N.C6H12/c1-7(2)8-3-5-9-6-4-8;1-7(2)8-4-3-5-9-6-8;1-7(2)8-3-5-9-6-4-8;2*1-7(2)8-5-3-4-6-8;1-6(2)7-4-3-5-7;1-5(2)6-3-7-4-6;1-5(2)6-3-4-6/h2*7-9H,3-6H2,1-2H3;7-8H,3-6H2,1-2H3;7-8H,3-6H2,1-2H3;3,5-7H,4H2,1-2H3;6-7H,3-5H2,1-2H3;5-7H,3-4H2,1-2H3;5-6H,3-4H2,1-2H3. The van der Waals surface area contributed by atoms with Gasteiger partial charge in [0.05, 0.1) is 0 Å². The van der Waals surface area contributed by atoms with Gasteiger partial charge in [-0.2, -0.15) is 0 Å². The van der Waals surface area contributed by atoms with Crippen LogP contribution in [0.2, 0.25) is 0 Å². The van der Waals surface area contributed by atoms with Gasteiger partial charge >= 0.3 is 0 Å². The molecule has 4 nitrogen and oxygen atoms in total. The number of nitrogens with one attached hydrogen (secondary N) is 3. The summed E-state index contributed by atoms with van der Waals surface area (Å²) in [6.45, 7) is 46.3. The molecule has 4 saturated heterocycles. The molecule has 4 aliphatic heterocycles. The number of allylic oxidation sites excluding steroid dienone is 4. The van der Waals surface area contributed by atoms with Gasteiger partial charge in [0, 0.05) is 13.2 Å². The maximum absolute atomic E-state index is 5.25. The Morgan fingerprint density at radius 2 is 0.778 bits per heavy atom. The Hall–Kier alpha value is -0.680. The van der Waals surface area contributed by atoms with Crippen molar-refractivity contribution in [1.82, 2.24) is 16.0 Å². The molecule has 0 spiro atoms. The normalized spacial score (nSPS) is 23.0. The molecule has 0 aromatic heterocycles. The summed E-state index contributed by atoms with van der Waals surface area (Å²) in [7, 11) is 0. The first-order valence-corrected chi connectivity index (χ1v) is 28.0. The Morgan fingerprint density at radius 3 is 0.984 bits per heavy atom. The van der Waals surface area contributed by atoms with Gasteiger partial charge in [-0.05, 0) is 191 Å². The molecule has 374 valence electrons. The average Bonchev–Trinajstić information content (AvgIpc) is 3.64. The quantitative estimate of drug-likeness (QED) is 0.227. The number of hydrogen-bond donors (Lipinski definition) is 3. The molecule has 8 aliphatic rings. The molecule has 3 N–H and O–H groups in total. The van der Waals surface area contributed by atoms with Crippen LogP contribution in [0.1, 0.15) is 214 Å². The molecule has 0 radical (unpaired) electrons. The molecule has 1 atom stereocenters. The van der Waals surface area contributed by atoms with Crippen molar-refractivity contribution in [3.05, 3.63) is 23.8 Å². The third-order valence-electron chi connectivity index (χ3n) is 16.0. The van der Waals surface area contributed by atoms with Crippen LogP contribution in [0.4, 0.5) is 0 Å². The molecular formula is C59H117N3O. The summed E-state index contributed by atoms with van der Waals surface area (Å²) >= 11 is 0. The van der Waals surface area contributed by atoms with E-state index in [2.05, 4.69) is 145 Å². The summed E-state index contributed by atoms with van der Waals surface area (Å²) in [5, 5.41) is 10.0. The van der Waals surface area contributed by atoms with E-state index in [-0.39, 0.29) is 0 Å². The molecule has 0 bridgehead atoms. The first-order chi connectivity index (χ1) is 29.9. The van der Waals surface area contributed by atoms with E-state index in [0.717, 1.165) is 102 Å². The van der Waals surface area contributed by atoms with Gasteiger partial charge in [-0.3, -0.25) is 0 Å². The topological polar surface area (TPSA) is 45.3 Å². The average molecular weight is 885 g/mol. The summed E-state index contributed by atoms with van der Waals surface area (Å²) in [5.41, 5.74) is 1.49. The lowest BCUT2D eigenvalue weighted by Crippen LogP contribution is -2.44. The summed E-state index contributed by atoms with van der Waals surface area (Å²) < 4.78 is 5.25. The summed E-state index contributed by atoms with van der Waals surface area (Å²) in [6.07, 6.45) is 29.4. The van der Waals surface area contributed by atoms with Gasteiger partial charge in [-0.1, -0.05) is 174 Å². The second-order valence-electron chi connectivity index (χ2n) is 23.8. The van der Waals surface area contributed by atoms with Crippen molar-refractivity contribution in [2.45, 2.75) is 214 Å².